The van der Waals surface area contributed by atoms with Crippen LogP contribution in [0.15, 0.2) is 77.7 Å². The Morgan fingerprint density at radius 1 is 0.971 bits per heavy atom. The van der Waals surface area contributed by atoms with Crippen molar-refractivity contribution in [3.63, 3.8) is 0 Å². The first kappa shape index (κ1) is 25.9. The van der Waals surface area contributed by atoms with Gasteiger partial charge in [-0.15, -0.1) is 0 Å². The Bertz CT molecular complexity index is 1180. The van der Waals surface area contributed by atoms with Crippen LogP contribution in [-0.2, 0) is 21.2 Å². The molecule has 0 aliphatic heterocycles. The fourth-order valence-corrected chi connectivity index (χ4v) is 5.28. The van der Waals surface area contributed by atoms with E-state index in [0.29, 0.717) is 19.6 Å². The molecule has 34 heavy (non-hydrogen) atoms. The highest BCUT2D eigenvalue weighted by Crippen LogP contribution is 2.29. The summed E-state index contributed by atoms with van der Waals surface area (Å²) >= 11 is 12.2. The third kappa shape index (κ3) is 7.13. The molecule has 180 valence electrons. The first-order chi connectivity index (χ1) is 16.3. The maximum absolute atomic E-state index is 13.3. The summed E-state index contributed by atoms with van der Waals surface area (Å²) in [7, 11) is -4.02. The number of hydrogen-bond acceptors (Lipinski definition) is 4. The van der Waals surface area contributed by atoms with Gasteiger partial charge in [-0.1, -0.05) is 53.5 Å². The Labute approximate surface area is 210 Å². The zero-order valence-corrected chi connectivity index (χ0v) is 21.0. The first-order valence-corrected chi connectivity index (χ1v) is 13.0. The van der Waals surface area contributed by atoms with Crippen molar-refractivity contribution < 1.29 is 17.9 Å². The van der Waals surface area contributed by atoms with Crippen LogP contribution < -0.4 is 14.4 Å². The van der Waals surface area contributed by atoms with E-state index in [9.17, 15) is 13.2 Å². The lowest BCUT2D eigenvalue weighted by Gasteiger charge is -2.24. The molecule has 0 atom stereocenters. The van der Waals surface area contributed by atoms with Gasteiger partial charge in [0.15, 0.2) is 0 Å². The van der Waals surface area contributed by atoms with Crippen LogP contribution in [0.2, 0.25) is 10.0 Å². The molecule has 1 amide bonds. The van der Waals surface area contributed by atoms with Gasteiger partial charge < -0.3 is 10.1 Å². The highest BCUT2D eigenvalue weighted by atomic mass is 35.5. The van der Waals surface area contributed by atoms with Gasteiger partial charge in [-0.05, 0) is 67.8 Å². The summed E-state index contributed by atoms with van der Waals surface area (Å²) in [5, 5.41) is 3.34. The summed E-state index contributed by atoms with van der Waals surface area (Å²) in [4.78, 5) is 12.8. The lowest BCUT2D eigenvalue weighted by atomic mass is 10.1. The standard InChI is InChI=1S/C25H26Cl2N2O4S/c1-2-33-23-12-10-19(11-13-23)7-6-14-28-25(30)18-29(22-16-20(26)15-21(27)17-22)34(31,32)24-8-4-3-5-9-24/h3-5,8-13,15-17H,2,6-7,14,18H2,1H3,(H,28,30). The number of hydrogen-bond donors (Lipinski definition) is 1. The Kier molecular flexibility index (Phi) is 9.21. The van der Waals surface area contributed by atoms with Gasteiger partial charge in [-0.2, -0.15) is 0 Å². The highest BCUT2D eigenvalue weighted by molar-refractivity contribution is 7.92. The number of amides is 1. The monoisotopic (exact) mass is 520 g/mol. The summed E-state index contributed by atoms with van der Waals surface area (Å²) in [6, 6.07) is 20.2. The maximum atomic E-state index is 13.3. The SMILES string of the molecule is CCOc1ccc(CCCNC(=O)CN(c2cc(Cl)cc(Cl)c2)S(=O)(=O)c2ccccc2)cc1. The molecule has 0 saturated carbocycles. The number of ether oxygens (including phenoxy) is 1. The number of aryl methyl sites for hydroxylation is 1. The molecule has 6 nitrogen and oxygen atoms in total. The fourth-order valence-electron chi connectivity index (χ4n) is 3.34. The number of halogens is 2. The van der Waals surface area contributed by atoms with Gasteiger partial charge in [-0.25, -0.2) is 8.42 Å². The molecule has 0 fully saturated rings. The third-order valence-corrected chi connectivity index (χ3v) is 7.18. The second-order valence-corrected chi connectivity index (χ2v) is 10.2. The molecule has 0 spiro atoms. The van der Waals surface area contributed by atoms with E-state index in [1.807, 2.05) is 31.2 Å². The second kappa shape index (κ2) is 12.1. The number of sulfonamides is 1. The first-order valence-electron chi connectivity index (χ1n) is 10.8. The van der Waals surface area contributed by atoms with E-state index in [1.165, 1.54) is 30.3 Å². The van der Waals surface area contributed by atoms with Gasteiger partial charge in [0, 0.05) is 16.6 Å². The van der Waals surface area contributed by atoms with Crippen LogP contribution in [0.25, 0.3) is 0 Å². The van der Waals surface area contributed by atoms with Crippen LogP contribution in [0.3, 0.4) is 0 Å². The quantitative estimate of drug-likeness (QED) is 0.346. The van der Waals surface area contributed by atoms with Gasteiger partial charge >= 0.3 is 0 Å². The molecule has 0 aliphatic rings. The molecule has 0 bridgehead atoms. The topological polar surface area (TPSA) is 75.7 Å². The molecule has 3 rings (SSSR count). The van der Waals surface area contributed by atoms with E-state index in [2.05, 4.69) is 5.32 Å². The minimum Gasteiger partial charge on any atom is -0.494 e. The van der Waals surface area contributed by atoms with E-state index in [0.717, 1.165) is 22.0 Å². The number of nitrogens with zero attached hydrogens (tertiary/aromatic N) is 1. The van der Waals surface area contributed by atoms with Crippen LogP contribution in [0.1, 0.15) is 18.9 Å². The van der Waals surface area contributed by atoms with E-state index in [1.54, 1.807) is 18.2 Å². The van der Waals surface area contributed by atoms with E-state index >= 15 is 0 Å². The van der Waals surface area contributed by atoms with Crippen molar-refractivity contribution in [2.45, 2.75) is 24.7 Å². The summed E-state index contributed by atoms with van der Waals surface area (Å²) in [6.45, 7) is 2.55. The summed E-state index contributed by atoms with van der Waals surface area (Å²) in [6.07, 6.45) is 1.47. The molecule has 3 aromatic rings. The molecule has 0 heterocycles. The van der Waals surface area contributed by atoms with Crippen LogP contribution >= 0.6 is 23.2 Å². The minimum absolute atomic E-state index is 0.0643. The second-order valence-electron chi connectivity index (χ2n) is 7.48. The molecule has 0 aromatic heterocycles. The minimum atomic E-state index is -4.02. The van der Waals surface area contributed by atoms with Crippen molar-refractivity contribution in [3.05, 3.63) is 88.4 Å². The van der Waals surface area contributed by atoms with Gasteiger partial charge in [0.2, 0.25) is 5.91 Å². The molecule has 0 unspecified atom stereocenters. The lowest BCUT2D eigenvalue weighted by Crippen LogP contribution is -2.41. The van der Waals surface area contributed by atoms with Crippen molar-refractivity contribution in [2.24, 2.45) is 0 Å². The number of carbonyl (C=O) groups is 1. The van der Waals surface area contributed by atoms with Crippen molar-refractivity contribution in [1.29, 1.82) is 0 Å². The van der Waals surface area contributed by atoms with Crippen molar-refractivity contribution in [2.75, 3.05) is 24.0 Å². The summed E-state index contributed by atoms with van der Waals surface area (Å²) < 4.78 is 33.1. The Morgan fingerprint density at radius 3 is 2.24 bits per heavy atom. The Morgan fingerprint density at radius 2 is 1.62 bits per heavy atom. The van der Waals surface area contributed by atoms with Crippen LogP contribution in [0, 0.1) is 0 Å². The molecule has 0 radical (unpaired) electrons. The van der Waals surface area contributed by atoms with E-state index in [-0.39, 0.29) is 20.6 Å². The fraction of sp³-hybridized carbons (Fsp3) is 0.240. The molecule has 9 heteroatoms. The summed E-state index contributed by atoms with van der Waals surface area (Å²) in [5.74, 6) is 0.391. The average Bonchev–Trinajstić information content (AvgIpc) is 2.81. The largest absolute Gasteiger partial charge is 0.494 e. The van der Waals surface area contributed by atoms with Crippen LogP contribution in [0.4, 0.5) is 5.69 Å². The van der Waals surface area contributed by atoms with Gasteiger partial charge in [0.05, 0.1) is 17.2 Å². The van der Waals surface area contributed by atoms with E-state index in [4.69, 9.17) is 27.9 Å². The zero-order chi connectivity index (χ0) is 24.6. The van der Waals surface area contributed by atoms with Gasteiger partial charge in [-0.3, -0.25) is 9.10 Å². The van der Waals surface area contributed by atoms with Crippen molar-refractivity contribution in [1.82, 2.24) is 5.32 Å². The predicted molar refractivity (Wildman–Crippen MR) is 136 cm³/mol. The molecular weight excluding hydrogens is 495 g/mol. The Balaban J connectivity index is 1.67. The molecule has 1 N–H and O–H groups in total. The number of anilines is 1. The number of benzene rings is 3. The predicted octanol–water partition coefficient (Wildman–Crippen LogP) is 5.34. The van der Waals surface area contributed by atoms with Gasteiger partial charge in [0.1, 0.15) is 12.3 Å². The van der Waals surface area contributed by atoms with Crippen molar-refractivity contribution in [3.8, 4) is 5.75 Å². The average molecular weight is 521 g/mol. The highest BCUT2D eigenvalue weighted by Gasteiger charge is 2.27. The van der Waals surface area contributed by atoms with E-state index < -0.39 is 22.5 Å². The third-order valence-electron chi connectivity index (χ3n) is 4.95. The molecular formula is C25H26Cl2N2O4S. The van der Waals surface area contributed by atoms with Gasteiger partial charge in [0.25, 0.3) is 10.0 Å². The molecule has 3 aromatic carbocycles. The zero-order valence-electron chi connectivity index (χ0n) is 18.7. The molecule has 0 aliphatic carbocycles. The number of carbonyl (C=O) groups excluding carboxylic acids is 1. The lowest BCUT2D eigenvalue weighted by molar-refractivity contribution is -0.119. The summed E-state index contributed by atoms with van der Waals surface area (Å²) in [5.41, 5.74) is 1.34. The van der Waals surface area contributed by atoms with Crippen LogP contribution in [0.5, 0.6) is 5.75 Å². The molecule has 0 saturated heterocycles. The number of nitrogens with one attached hydrogen (secondary N) is 1. The number of rotatable bonds is 11. The normalized spacial score (nSPS) is 11.1. The smallest absolute Gasteiger partial charge is 0.264 e. The van der Waals surface area contributed by atoms with Crippen LogP contribution in [-0.4, -0.2) is 34.0 Å². The Hall–Kier alpha value is -2.74. The van der Waals surface area contributed by atoms with Crippen molar-refractivity contribution >= 4 is 44.8 Å². The maximum Gasteiger partial charge on any atom is 0.264 e.